The number of fused-ring (bicyclic) bond motifs is 2. The Kier molecular flexibility index (Phi) is 6.94. The second-order valence-electron chi connectivity index (χ2n) is 10.3. The minimum Gasteiger partial charge on any atom is -0.253 e. The number of hydrogen-bond acceptors (Lipinski definition) is 2. The van der Waals surface area contributed by atoms with Crippen LogP contribution >= 0.6 is 0 Å². The zero-order valence-electron chi connectivity index (χ0n) is 23.1. The van der Waals surface area contributed by atoms with E-state index in [1.165, 1.54) is 21.5 Å². The van der Waals surface area contributed by atoms with Crippen LogP contribution in [0.3, 0.4) is 0 Å². The van der Waals surface area contributed by atoms with Crippen molar-refractivity contribution in [3.63, 3.8) is 0 Å². The van der Waals surface area contributed by atoms with E-state index in [0.717, 1.165) is 44.8 Å². The van der Waals surface area contributed by atoms with E-state index in [0.29, 0.717) is 0 Å². The summed E-state index contributed by atoms with van der Waals surface area (Å²) < 4.78 is 0. The standard InChI is InChI=1S/C40H28N2/c1-3-13-31(14-4-1)39(32-15-5-2-6-16-32)25-37-27-42-38(28-41-37)26-40(35-21-19-29-11-7-9-17-33(29)23-35)36-22-20-30-12-8-10-18-34(30)24-36/h1-28H. The highest BCUT2D eigenvalue weighted by Crippen LogP contribution is 2.31. The Hall–Kier alpha value is -5.60. The first-order valence-corrected chi connectivity index (χ1v) is 14.1. The van der Waals surface area contributed by atoms with Gasteiger partial charge in [-0.1, -0.05) is 133 Å². The lowest BCUT2D eigenvalue weighted by atomic mass is 9.93. The smallest absolute Gasteiger partial charge is 0.0819 e. The summed E-state index contributed by atoms with van der Waals surface area (Å²) >= 11 is 0. The van der Waals surface area contributed by atoms with Gasteiger partial charge in [-0.2, -0.15) is 0 Å². The normalized spacial score (nSPS) is 10.9. The van der Waals surface area contributed by atoms with Gasteiger partial charge in [0.2, 0.25) is 0 Å². The van der Waals surface area contributed by atoms with Crippen molar-refractivity contribution in [2.24, 2.45) is 0 Å². The first-order chi connectivity index (χ1) is 20.8. The molecular weight excluding hydrogens is 508 g/mol. The summed E-state index contributed by atoms with van der Waals surface area (Å²) in [5.41, 5.74) is 8.42. The zero-order chi connectivity index (χ0) is 28.1. The molecule has 6 aromatic carbocycles. The fourth-order valence-corrected chi connectivity index (χ4v) is 5.41. The van der Waals surface area contributed by atoms with Crippen molar-refractivity contribution in [2.45, 2.75) is 0 Å². The maximum atomic E-state index is 4.85. The Morgan fingerprint density at radius 1 is 0.357 bits per heavy atom. The van der Waals surface area contributed by atoms with Crippen LogP contribution in [0, 0.1) is 0 Å². The maximum Gasteiger partial charge on any atom is 0.0819 e. The van der Waals surface area contributed by atoms with Gasteiger partial charge in [-0.25, -0.2) is 0 Å². The van der Waals surface area contributed by atoms with Crippen LogP contribution in [0.2, 0.25) is 0 Å². The second-order valence-corrected chi connectivity index (χ2v) is 10.3. The van der Waals surface area contributed by atoms with Gasteiger partial charge in [-0.3, -0.25) is 9.97 Å². The molecule has 0 saturated carbocycles. The van der Waals surface area contributed by atoms with Crippen LogP contribution in [0.25, 0.3) is 44.8 Å². The molecule has 0 aliphatic carbocycles. The number of rotatable bonds is 6. The van der Waals surface area contributed by atoms with Crippen molar-refractivity contribution in [1.82, 2.24) is 9.97 Å². The lowest BCUT2D eigenvalue weighted by Gasteiger charge is -2.12. The Morgan fingerprint density at radius 3 is 1.17 bits per heavy atom. The van der Waals surface area contributed by atoms with E-state index in [-0.39, 0.29) is 0 Å². The van der Waals surface area contributed by atoms with Crippen molar-refractivity contribution < 1.29 is 0 Å². The first-order valence-electron chi connectivity index (χ1n) is 14.1. The Morgan fingerprint density at radius 2 is 0.738 bits per heavy atom. The lowest BCUT2D eigenvalue weighted by Crippen LogP contribution is -1.93. The van der Waals surface area contributed by atoms with E-state index in [2.05, 4.69) is 146 Å². The molecule has 1 heterocycles. The van der Waals surface area contributed by atoms with Crippen molar-refractivity contribution in [3.05, 3.63) is 192 Å². The van der Waals surface area contributed by atoms with Gasteiger partial charge in [-0.05, 0) is 79.2 Å². The van der Waals surface area contributed by atoms with Crippen LogP contribution < -0.4 is 0 Å². The highest BCUT2D eigenvalue weighted by atomic mass is 14.8. The van der Waals surface area contributed by atoms with Gasteiger partial charge in [0, 0.05) is 0 Å². The van der Waals surface area contributed by atoms with E-state index in [1.807, 2.05) is 24.5 Å². The highest BCUT2D eigenvalue weighted by molar-refractivity contribution is 5.98. The van der Waals surface area contributed by atoms with Gasteiger partial charge in [-0.15, -0.1) is 0 Å². The molecule has 2 heteroatoms. The summed E-state index contributed by atoms with van der Waals surface area (Å²) in [7, 11) is 0. The number of aromatic nitrogens is 2. The van der Waals surface area contributed by atoms with Gasteiger partial charge < -0.3 is 0 Å². The molecule has 198 valence electrons. The largest absolute Gasteiger partial charge is 0.253 e. The van der Waals surface area contributed by atoms with Gasteiger partial charge in [0.25, 0.3) is 0 Å². The molecule has 0 saturated heterocycles. The minimum absolute atomic E-state index is 0.810. The zero-order valence-corrected chi connectivity index (χ0v) is 23.1. The third kappa shape index (κ3) is 5.39. The quantitative estimate of drug-likeness (QED) is 0.211. The summed E-state index contributed by atoms with van der Waals surface area (Å²) in [6.07, 6.45) is 7.97. The van der Waals surface area contributed by atoms with E-state index in [9.17, 15) is 0 Å². The molecule has 0 aliphatic heterocycles. The highest BCUT2D eigenvalue weighted by Gasteiger charge is 2.10. The summed E-state index contributed by atoms with van der Waals surface area (Å²) in [6, 6.07) is 51.1. The first kappa shape index (κ1) is 25.4. The lowest BCUT2D eigenvalue weighted by molar-refractivity contribution is 1.16. The fourth-order valence-electron chi connectivity index (χ4n) is 5.41. The SMILES string of the molecule is C(=C(c1ccccc1)c1ccccc1)c1cnc(C=C(c2ccc3ccccc3c2)c2ccc3ccccc3c2)cn1. The van der Waals surface area contributed by atoms with Gasteiger partial charge in [0.05, 0.1) is 23.8 Å². The predicted octanol–water partition coefficient (Wildman–Crippen LogP) is 9.96. The number of benzene rings is 6. The molecule has 0 spiro atoms. The molecular formula is C40H28N2. The van der Waals surface area contributed by atoms with Crippen LogP contribution in [0.15, 0.2) is 158 Å². The molecule has 7 aromatic rings. The van der Waals surface area contributed by atoms with Crippen molar-refractivity contribution in [2.75, 3.05) is 0 Å². The summed E-state index contributed by atoms with van der Waals surface area (Å²) in [4.78, 5) is 9.68. The molecule has 0 amide bonds. The molecule has 0 aliphatic rings. The third-order valence-corrected chi connectivity index (χ3v) is 7.57. The monoisotopic (exact) mass is 536 g/mol. The van der Waals surface area contributed by atoms with E-state index >= 15 is 0 Å². The molecule has 0 unspecified atom stereocenters. The number of hydrogen-bond donors (Lipinski definition) is 0. The van der Waals surface area contributed by atoms with Crippen LogP contribution in [0.1, 0.15) is 33.6 Å². The fraction of sp³-hybridized carbons (Fsp3) is 0. The van der Waals surface area contributed by atoms with Crippen LogP contribution in [0.5, 0.6) is 0 Å². The van der Waals surface area contributed by atoms with E-state index in [4.69, 9.17) is 9.97 Å². The predicted molar refractivity (Wildman–Crippen MR) is 177 cm³/mol. The average Bonchev–Trinajstić information content (AvgIpc) is 3.07. The average molecular weight is 537 g/mol. The van der Waals surface area contributed by atoms with Crippen LogP contribution in [0.4, 0.5) is 0 Å². The Bertz CT molecular complexity index is 1930. The van der Waals surface area contributed by atoms with E-state index < -0.39 is 0 Å². The molecule has 42 heavy (non-hydrogen) atoms. The third-order valence-electron chi connectivity index (χ3n) is 7.57. The molecule has 1 aromatic heterocycles. The maximum absolute atomic E-state index is 4.85. The van der Waals surface area contributed by atoms with Gasteiger partial charge >= 0.3 is 0 Å². The molecule has 7 rings (SSSR count). The molecule has 0 atom stereocenters. The van der Waals surface area contributed by atoms with Crippen molar-refractivity contribution >= 4 is 44.8 Å². The van der Waals surface area contributed by atoms with E-state index in [1.54, 1.807) is 0 Å². The van der Waals surface area contributed by atoms with Gasteiger partial charge in [0.15, 0.2) is 0 Å². The molecule has 0 fully saturated rings. The summed E-state index contributed by atoms with van der Waals surface area (Å²) in [5.74, 6) is 0. The minimum atomic E-state index is 0.810. The molecule has 0 N–H and O–H groups in total. The molecule has 2 nitrogen and oxygen atoms in total. The van der Waals surface area contributed by atoms with Crippen LogP contribution in [-0.4, -0.2) is 9.97 Å². The second kappa shape index (κ2) is 11.5. The summed E-state index contributed by atoms with van der Waals surface area (Å²) in [5, 5.41) is 4.87. The van der Waals surface area contributed by atoms with Crippen molar-refractivity contribution in [3.8, 4) is 0 Å². The topological polar surface area (TPSA) is 25.8 Å². The van der Waals surface area contributed by atoms with Crippen LogP contribution in [-0.2, 0) is 0 Å². The number of nitrogens with zero attached hydrogens (tertiary/aromatic N) is 2. The summed E-state index contributed by atoms with van der Waals surface area (Å²) in [6.45, 7) is 0. The molecule has 0 bridgehead atoms. The Balaban J connectivity index is 1.31. The Labute approximate surface area is 246 Å². The van der Waals surface area contributed by atoms with Gasteiger partial charge in [0.1, 0.15) is 0 Å². The van der Waals surface area contributed by atoms with Crippen molar-refractivity contribution in [1.29, 1.82) is 0 Å². The molecule has 0 radical (unpaired) electrons.